The van der Waals surface area contributed by atoms with E-state index in [0.29, 0.717) is 18.0 Å². The van der Waals surface area contributed by atoms with Gasteiger partial charge in [0.25, 0.3) is 5.91 Å². The molecule has 0 saturated heterocycles. The van der Waals surface area contributed by atoms with Crippen LogP contribution in [0.1, 0.15) is 22.1 Å². The van der Waals surface area contributed by atoms with Crippen molar-refractivity contribution in [2.75, 3.05) is 13.7 Å². The Balaban J connectivity index is 1.79. The summed E-state index contributed by atoms with van der Waals surface area (Å²) in [6, 6.07) is 12.7. The molecule has 0 aliphatic heterocycles. The fourth-order valence-electron chi connectivity index (χ4n) is 2.28. The van der Waals surface area contributed by atoms with Crippen LogP contribution in [0, 0.1) is 0 Å². The number of pyridine rings is 1. The van der Waals surface area contributed by atoms with Crippen molar-refractivity contribution in [1.29, 1.82) is 0 Å². The number of carbonyl (C=O) groups is 1. The van der Waals surface area contributed by atoms with Crippen molar-refractivity contribution in [3.05, 3.63) is 59.9 Å². The van der Waals surface area contributed by atoms with E-state index >= 15 is 0 Å². The number of nitrogens with one attached hydrogen (secondary N) is 2. The van der Waals surface area contributed by atoms with E-state index in [2.05, 4.69) is 30.9 Å². The Hall–Kier alpha value is -3.13. The highest BCUT2D eigenvalue weighted by atomic mass is 16.5. The van der Waals surface area contributed by atoms with E-state index in [-0.39, 0.29) is 17.6 Å². The molecule has 1 atom stereocenters. The molecule has 3 rings (SSSR count). The zero-order chi connectivity index (χ0) is 16.8. The first-order chi connectivity index (χ1) is 11.8. The fourth-order valence-corrected chi connectivity index (χ4v) is 2.28. The van der Waals surface area contributed by atoms with Gasteiger partial charge in [-0.05, 0) is 22.9 Å². The number of nitrogens with zero attached hydrogens (tertiary/aromatic N) is 4. The lowest BCUT2D eigenvalue weighted by Crippen LogP contribution is -2.31. The topological polar surface area (TPSA) is 106 Å². The highest BCUT2D eigenvalue weighted by Crippen LogP contribution is 2.16. The number of tetrazole rings is 1. The molecule has 1 aromatic carbocycles. The number of rotatable bonds is 6. The van der Waals surface area contributed by atoms with Crippen molar-refractivity contribution in [3.63, 3.8) is 0 Å². The summed E-state index contributed by atoms with van der Waals surface area (Å²) in [5.74, 6) is 0.106. The first-order valence-electron chi connectivity index (χ1n) is 7.32. The molecule has 2 heterocycles. The second kappa shape index (κ2) is 7.42. The van der Waals surface area contributed by atoms with E-state index in [0.717, 1.165) is 5.56 Å². The summed E-state index contributed by atoms with van der Waals surface area (Å²) in [4.78, 5) is 16.6. The molecule has 0 aliphatic rings. The first kappa shape index (κ1) is 15.8. The van der Waals surface area contributed by atoms with Gasteiger partial charge in [-0.1, -0.05) is 30.3 Å². The first-order valence-corrected chi connectivity index (χ1v) is 7.32. The van der Waals surface area contributed by atoms with Crippen LogP contribution in [0.15, 0.2) is 48.7 Å². The van der Waals surface area contributed by atoms with Gasteiger partial charge in [-0.2, -0.15) is 5.21 Å². The van der Waals surface area contributed by atoms with E-state index in [4.69, 9.17) is 4.74 Å². The number of aromatic amines is 1. The van der Waals surface area contributed by atoms with Gasteiger partial charge in [0.1, 0.15) is 5.69 Å². The average molecular weight is 324 g/mol. The van der Waals surface area contributed by atoms with Crippen molar-refractivity contribution in [2.24, 2.45) is 0 Å². The largest absolute Gasteiger partial charge is 0.382 e. The third-order valence-corrected chi connectivity index (χ3v) is 3.44. The highest BCUT2D eigenvalue weighted by Gasteiger charge is 2.17. The monoisotopic (exact) mass is 324 g/mol. The Bertz CT molecular complexity index is 791. The number of ether oxygens (including phenoxy) is 1. The smallest absolute Gasteiger partial charge is 0.270 e. The van der Waals surface area contributed by atoms with Crippen molar-refractivity contribution >= 4 is 5.91 Å². The zero-order valence-electron chi connectivity index (χ0n) is 13.0. The Morgan fingerprint density at radius 2 is 2.12 bits per heavy atom. The molecule has 1 amide bonds. The number of methoxy groups -OCH3 is 1. The maximum atomic E-state index is 12.5. The van der Waals surface area contributed by atoms with Gasteiger partial charge in [0.15, 0.2) is 0 Å². The van der Waals surface area contributed by atoms with Crippen LogP contribution in [-0.2, 0) is 4.74 Å². The molecular formula is C16H16N6O2. The van der Waals surface area contributed by atoms with Gasteiger partial charge in [0, 0.05) is 18.9 Å². The molecular weight excluding hydrogens is 308 g/mol. The number of aromatic nitrogens is 5. The number of hydrogen-bond acceptors (Lipinski definition) is 6. The SMILES string of the molecule is COCC(NC(=O)c1cc(-c2nn[nH]n2)ccn1)c1ccccc1. The molecule has 1 unspecified atom stereocenters. The molecule has 0 spiro atoms. The lowest BCUT2D eigenvalue weighted by atomic mass is 10.1. The second-order valence-corrected chi connectivity index (χ2v) is 5.06. The van der Waals surface area contributed by atoms with Gasteiger partial charge >= 0.3 is 0 Å². The van der Waals surface area contributed by atoms with Crippen LogP contribution >= 0.6 is 0 Å². The van der Waals surface area contributed by atoms with Crippen molar-refractivity contribution < 1.29 is 9.53 Å². The minimum atomic E-state index is -0.300. The molecule has 8 nitrogen and oxygen atoms in total. The quantitative estimate of drug-likeness (QED) is 0.709. The Morgan fingerprint density at radius 3 is 2.83 bits per heavy atom. The molecule has 122 valence electrons. The summed E-state index contributed by atoms with van der Waals surface area (Å²) < 4.78 is 5.21. The van der Waals surface area contributed by atoms with Crippen LogP contribution in [0.4, 0.5) is 0 Å². The van der Waals surface area contributed by atoms with Gasteiger partial charge in [-0.15, -0.1) is 10.2 Å². The standard InChI is InChI=1S/C16H16N6O2/c1-24-10-14(11-5-3-2-4-6-11)18-16(23)13-9-12(7-8-17-13)15-19-21-22-20-15/h2-9,14H,10H2,1H3,(H,18,23)(H,19,20,21,22). The highest BCUT2D eigenvalue weighted by molar-refractivity contribution is 5.93. The third-order valence-electron chi connectivity index (χ3n) is 3.44. The molecule has 24 heavy (non-hydrogen) atoms. The van der Waals surface area contributed by atoms with Crippen molar-refractivity contribution in [1.82, 2.24) is 30.9 Å². The van der Waals surface area contributed by atoms with Gasteiger partial charge < -0.3 is 10.1 Å². The molecule has 2 aromatic heterocycles. The minimum absolute atomic E-state index is 0.265. The number of amides is 1. The van der Waals surface area contributed by atoms with Crippen LogP contribution in [-0.4, -0.2) is 45.2 Å². The predicted molar refractivity (Wildman–Crippen MR) is 85.9 cm³/mol. The van der Waals surface area contributed by atoms with E-state index in [9.17, 15) is 4.79 Å². The molecule has 0 aliphatic carbocycles. The van der Waals surface area contributed by atoms with E-state index in [1.807, 2.05) is 30.3 Å². The Labute approximate surface area is 138 Å². The molecule has 0 fully saturated rings. The lowest BCUT2D eigenvalue weighted by Gasteiger charge is -2.18. The van der Waals surface area contributed by atoms with Crippen LogP contribution < -0.4 is 5.32 Å². The molecule has 2 N–H and O–H groups in total. The summed E-state index contributed by atoms with van der Waals surface area (Å²) >= 11 is 0. The van der Waals surface area contributed by atoms with Crippen LogP contribution in [0.3, 0.4) is 0 Å². The normalized spacial score (nSPS) is 11.9. The van der Waals surface area contributed by atoms with Crippen molar-refractivity contribution in [3.8, 4) is 11.4 Å². The van der Waals surface area contributed by atoms with Crippen LogP contribution in [0.5, 0.6) is 0 Å². The zero-order valence-corrected chi connectivity index (χ0v) is 13.0. The summed E-state index contributed by atoms with van der Waals surface area (Å²) in [6.07, 6.45) is 1.54. The van der Waals surface area contributed by atoms with Gasteiger partial charge in [0.05, 0.1) is 12.6 Å². The van der Waals surface area contributed by atoms with Gasteiger partial charge in [0.2, 0.25) is 5.82 Å². The summed E-state index contributed by atoms with van der Waals surface area (Å²) in [5.41, 5.74) is 1.89. The molecule has 3 aromatic rings. The molecule has 0 saturated carbocycles. The van der Waals surface area contributed by atoms with Crippen LogP contribution in [0.25, 0.3) is 11.4 Å². The second-order valence-electron chi connectivity index (χ2n) is 5.06. The summed E-state index contributed by atoms with van der Waals surface area (Å²) in [6.45, 7) is 0.361. The minimum Gasteiger partial charge on any atom is -0.382 e. The van der Waals surface area contributed by atoms with Crippen molar-refractivity contribution in [2.45, 2.75) is 6.04 Å². The number of carbonyl (C=O) groups excluding carboxylic acids is 1. The van der Waals surface area contributed by atoms with Crippen LogP contribution in [0.2, 0.25) is 0 Å². The van der Waals surface area contributed by atoms with E-state index in [1.165, 1.54) is 6.20 Å². The maximum absolute atomic E-state index is 12.5. The lowest BCUT2D eigenvalue weighted by molar-refractivity contribution is 0.0891. The fraction of sp³-hybridized carbons (Fsp3) is 0.188. The van der Waals surface area contributed by atoms with E-state index < -0.39 is 0 Å². The number of hydrogen-bond donors (Lipinski definition) is 2. The molecule has 0 radical (unpaired) electrons. The van der Waals surface area contributed by atoms with Gasteiger partial charge in [-0.25, -0.2) is 0 Å². The van der Waals surface area contributed by atoms with E-state index in [1.54, 1.807) is 19.2 Å². The maximum Gasteiger partial charge on any atom is 0.270 e. The van der Waals surface area contributed by atoms with Gasteiger partial charge in [-0.3, -0.25) is 9.78 Å². The summed E-state index contributed by atoms with van der Waals surface area (Å²) in [5, 5.41) is 16.6. The number of H-pyrrole nitrogens is 1. The Kier molecular flexibility index (Phi) is 4.87. The summed E-state index contributed by atoms with van der Waals surface area (Å²) in [7, 11) is 1.59. The molecule has 0 bridgehead atoms. The number of benzene rings is 1. The predicted octanol–water partition coefficient (Wildman–Crippen LogP) is 1.38. The molecule has 8 heteroatoms. The average Bonchev–Trinajstić information content (AvgIpc) is 3.17. The third kappa shape index (κ3) is 3.61. The Morgan fingerprint density at radius 1 is 1.29 bits per heavy atom.